The molecule has 1 aromatic heterocycles. The van der Waals surface area contributed by atoms with Crippen molar-refractivity contribution in [3.05, 3.63) is 69.9 Å². The van der Waals surface area contributed by atoms with Crippen LogP contribution in [-0.2, 0) is 13.2 Å². The Morgan fingerprint density at radius 1 is 1.10 bits per heavy atom. The summed E-state index contributed by atoms with van der Waals surface area (Å²) in [7, 11) is 0. The summed E-state index contributed by atoms with van der Waals surface area (Å²) in [5.74, 6) is 2.06. The molecule has 0 N–H and O–H groups in total. The quantitative estimate of drug-likeness (QED) is 0.557. The molecule has 2 aliphatic rings. The zero-order valence-corrected chi connectivity index (χ0v) is 17.4. The Hall–Kier alpha value is -2.64. The highest BCUT2D eigenvalue weighted by Gasteiger charge is 2.28. The molecule has 2 aromatic carbocycles. The number of ether oxygens (including phenoxy) is 3. The van der Waals surface area contributed by atoms with E-state index in [-0.39, 0.29) is 5.82 Å². The molecule has 0 amide bonds. The number of fused-ring (bicyclic) bond motifs is 1. The second-order valence-electron chi connectivity index (χ2n) is 7.51. The lowest BCUT2D eigenvalue weighted by molar-refractivity contribution is 0.170. The highest BCUT2D eigenvalue weighted by atomic mass is 32.1. The summed E-state index contributed by atoms with van der Waals surface area (Å²) in [5.41, 5.74) is 2.33. The van der Waals surface area contributed by atoms with Gasteiger partial charge in [-0.3, -0.25) is 4.90 Å². The van der Waals surface area contributed by atoms with Crippen molar-refractivity contribution in [1.82, 2.24) is 9.88 Å². The van der Waals surface area contributed by atoms with E-state index in [1.54, 1.807) is 23.5 Å². The second kappa shape index (κ2) is 8.62. The van der Waals surface area contributed by atoms with Crippen LogP contribution in [0.2, 0.25) is 0 Å². The first-order chi connectivity index (χ1) is 14.7. The molecule has 30 heavy (non-hydrogen) atoms. The van der Waals surface area contributed by atoms with Gasteiger partial charge in [0, 0.05) is 18.0 Å². The van der Waals surface area contributed by atoms with Crippen LogP contribution >= 0.6 is 11.3 Å². The van der Waals surface area contributed by atoms with Crippen LogP contribution in [0.25, 0.3) is 0 Å². The monoisotopic (exact) mass is 426 g/mol. The van der Waals surface area contributed by atoms with E-state index in [4.69, 9.17) is 19.2 Å². The summed E-state index contributed by atoms with van der Waals surface area (Å²) in [5, 5.41) is 3.02. The molecule has 1 unspecified atom stereocenters. The molecule has 1 fully saturated rings. The number of hydrogen-bond acceptors (Lipinski definition) is 6. The van der Waals surface area contributed by atoms with Gasteiger partial charge in [-0.2, -0.15) is 0 Å². The molecule has 2 aliphatic heterocycles. The SMILES string of the molecule is Fc1ccc(OCc2nc(CN3CCCC3c3ccc4c(c3)OCCO4)cs2)cc1. The van der Waals surface area contributed by atoms with E-state index >= 15 is 0 Å². The summed E-state index contributed by atoms with van der Waals surface area (Å²) >= 11 is 1.60. The Morgan fingerprint density at radius 3 is 2.80 bits per heavy atom. The maximum Gasteiger partial charge on any atom is 0.161 e. The first kappa shape index (κ1) is 19.3. The third-order valence-electron chi connectivity index (χ3n) is 5.46. The third-order valence-corrected chi connectivity index (χ3v) is 6.33. The summed E-state index contributed by atoms with van der Waals surface area (Å²) in [4.78, 5) is 7.22. The Kier molecular flexibility index (Phi) is 5.55. The lowest BCUT2D eigenvalue weighted by Gasteiger charge is -2.26. The molecule has 1 saturated heterocycles. The van der Waals surface area contributed by atoms with Crippen LogP contribution in [-0.4, -0.2) is 29.6 Å². The zero-order valence-electron chi connectivity index (χ0n) is 16.6. The molecule has 0 saturated carbocycles. The minimum atomic E-state index is -0.267. The smallest absolute Gasteiger partial charge is 0.161 e. The minimum Gasteiger partial charge on any atom is -0.486 e. The van der Waals surface area contributed by atoms with Crippen LogP contribution in [0.4, 0.5) is 4.39 Å². The topological polar surface area (TPSA) is 43.8 Å². The Balaban J connectivity index is 1.22. The molecule has 0 spiro atoms. The van der Waals surface area contributed by atoms with E-state index in [0.717, 1.165) is 41.7 Å². The molecule has 5 rings (SSSR count). The van der Waals surface area contributed by atoms with E-state index in [1.165, 1.54) is 24.1 Å². The van der Waals surface area contributed by atoms with Gasteiger partial charge in [-0.15, -0.1) is 11.3 Å². The van der Waals surface area contributed by atoms with E-state index in [9.17, 15) is 4.39 Å². The minimum absolute atomic E-state index is 0.267. The molecule has 3 aromatic rings. The lowest BCUT2D eigenvalue weighted by atomic mass is 10.0. The van der Waals surface area contributed by atoms with Crippen molar-refractivity contribution in [3.63, 3.8) is 0 Å². The predicted molar refractivity (Wildman–Crippen MR) is 113 cm³/mol. The Labute approximate surface area is 179 Å². The van der Waals surface area contributed by atoms with E-state index in [0.29, 0.717) is 31.6 Å². The highest BCUT2D eigenvalue weighted by molar-refractivity contribution is 7.09. The molecule has 156 valence electrons. The van der Waals surface area contributed by atoms with Crippen molar-refractivity contribution < 1.29 is 18.6 Å². The van der Waals surface area contributed by atoms with Crippen LogP contribution in [0.15, 0.2) is 47.8 Å². The van der Waals surface area contributed by atoms with Crippen molar-refractivity contribution in [3.8, 4) is 17.2 Å². The Morgan fingerprint density at radius 2 is 1.93 bits per heavy atom. The van der Waals surface area contributed by atoms with Gasteiger partial charge in [0.25, 0.3) is 0 Å². The normalized spacial score (nSPS) is 18.5. The fourth-order valence-corrected chi connectivity index (χ4v) is 4.73. The largest absolute Gasteiger partial charge is 0.486 e. The molecule has 3 heterocycles. The van der Waals surface area contributed by atoms with Gasteiger partial charge in [0.1, 0.15) is 36.4 Å². The van der Waals surface area contributed by atoms with Gasteiger partial charge in [0.2, 0.25) is 0 Å². The second-order valence-corrected chi connectivity index (χ2v) is 8.45. The van der Waals surface area contributed by atoms with Gasteiger partial charge in [0.15, 0.2) is 11.5 Å². The van der Waals surface area contributed by atoms with Crippen LogP contribution in [0.5, 0.6) is 17.2 Å². The maximum absolute atomic E-state index is 13.0. The number of rotatable bonds is 6. The Bertz CT molecular complexity index is 1010. The van der Waals surface area contributed by atoms with E-state index in [2.05, 4.69) is 22.4 Å². The molecule has 0 aliphatic carbocycles. The molecule has 7 heteroatoms. The van der Waals surface area contributed by atoms with Crippen LogP contribution in [0.1, 0.15) is 35.1 Å². The average Bonchev–Trinajstić information content (AvgIpc) is 3.43. The fourth-order valence-electron chi connectivity index (χ4n) is 4.03. The van der Waals surface area contributed by atoms with Crippen molar-refractivity contribution >= 4 is 11.3 Å². The summed E-state index contributed by atoms with van der Waals surface area (Å²) in [6.07, 6.45) is 2.30. The standard InChI is InChI=1S/C23H23FN2O3S/c24-17-4-6-19(7-5-17)29-14-23-25-18(15-30-23)13-26-9-1-2-20(26)16-3-8-21-22(12-16)28-11-10-27-21/h3-8,12,15,20H,1-2,9-11,13-14H2. The maximum atomic E-state index is 13.0. The molecule has 0 radical (unpaired) electrons. The van der Waals surface area contributed by atoms with Gasteiger partial charge in [-0.05, 0) is 61.3 Å². The van der Waals surface area contributed by atoms with Crippen LogP contribution < -0.4 is 14.2 Å². The fraction of sp³-hybridized carbons (Fsp3) is 0.348. The number of thiazole rings is 1. The summed E-state index contributed by atoms with van der Waals surface area (Å²) in [6, 6.07) is 12.7. The van der Waals surface area contributed by atoms with E-state index < -0.39 is 0 Å². The number of nitrogens with zero attached hydrogens (tertiary/aromatic N) is 2. The molecule has 5 nitrogen and oxygen atoms in total. The van der Waals surface area contributed by atoms with Crippen LogP contribution in [0.3, 0.4) is 0 Å². The molecule has 1 atom stereocenters. The van der Waals surface area contributed by atoms with Crippen molar-refractivity contribution in [2.75, 3.05) is 19.8 Å². The zero-order chi connectivity index (χ0) is 20.3. The van der Waals surface area contributed by atoms with Crippen molar-refractivity contribution in [1.29, 1.82) is 0 Å². The van der Waals surface area contributed by atoms with Crippen molar-refractivity contribution in [2.45, 2.75) is 32.0 Å². The predicted octanol–water partition coefficient (Wildman–Crippen LogP) is 4.97. The van der Waals surface area contributed by atoms with Gasteiger partial charge in [0.05, 0.1) is 5.69 Å². The number of halogens is 1. The molecule has 0 bridgehead atoms. The number of hydrogen-bond donors (Lipinski definition) is 0. The number of likely N-dealkylation sites (tertiary alicyclic amines) is 1. The van der Waals surface area contributed by atoms with Gasteiger partial charge in [-0.25, -0.2) is 9.37 Å². The number of aromatic nitrogens is 1. The number of benzene rings is 2. The highest BCUT2D eigenvalue weighted by Crippen LogP contribution is 2.38. The average molecular weight is 427 g/mol. The summed E-state index contributed by atoms with van der Waals surface area (Å²) < 4.78 is 30.1. The van der Waals surface area contributed by atoms with Gasteiger partial charge in [-0.1, -0.05) is 6.07 Å². The van der Waals surface area contributed by atoms with E-state index in [1.807, 2.05) is 6.07 Å². The van der Waals surface area contributed by atoms with Gasteiger partial charge >= 0.3 is 0 Å². The lowest BCUT2D eigenvalue weighted by Crippen LogP contribution is -2.23. The van der Waals surface area contributed by atoms with Crippen molar-refractivity contribution in [2.24, 2.45) is 0 Å². The van der Waals surface area contributed by atoms with Crippen LogP contribution in [0, 0.1) is 5.82 Å². The molecular formula is C23H23FN2O3S. The molecular weight excluding hydrogens is 403 g/mol. The first-order valence-corrected chi connectivity index (χ1v) is 11.1. The first-order valence-electron chi connectivity index (χ1n) is 10.2. The third kappa shape index (κ3) is 4.27. The van der Waals surface area contributed by atoms with Gasteiger partial charge < -0.3 is 14.2 Å². The summed E-state index contributed by atoms with van der Waals surface area (Å²) in [6.45, 7) is 3.47.